The van der Waals surface area contributed by atoms with Crippen molar-refractivity contribution in [3.63, 3.8) is 0 Å². The third-order valence-corrected chi connectivity index (χ3v) is 4.79. The maximum Gasteiger partial charge on any atom is 0.137 e. The zero-order valence-corrected chi connectivity index (χ0v) is 14.2. The van der Waals surface area contributed by atoms with Gasteiger partial charge in [0.05, 0.1) is 15.7 Å². The second kappa shape index (κ2) is 5.52. The monoisotopic (exact) mass is 384 g/mol. The Morgan fingerprint density at radius 3 is 2.76 bits per heavy atom. The molecule has 2 heterocycles. The van der Waals surface area contributed by atoms with E-state index in [4.69, 9.17) is 23.2 Å². The number of pyridine rings is 1. The van der Waals surface area contributed by atoms with E-state index in [1.807, 2.05) is 29.7 Å². The molecule has 0 saturated heterocycles. The second-order valence-electron chi connectivity index (χ2n) is 4.68. The Hall–Kier alpha value is -1.23. The normalized spacial score (nSPS) is 11.2. The van der Waals surface area contributed by atoms with E-state index < -0.39 is 0 Å². The number of aromatic nitrogens is 2. The highest BCUT2D eigenvalue weighted by Gasteiger charge is 2.14. The van der Waals surface area contributed by atoms with E-state index >= 15 is 0 Å². The van der Waals surface area contributed by atoms with Gasteiger partial charge in [-0.15, -0.1) is 0 Å². The summed E-state index contributed by atoms with van der Waals surface area (Å²) in [4.78, 5) is 4.56. The molecule has 0 saturated carbocycles. The Bertz CT molecular complexity index is 845. The van der Waals surface area contributed by atoms with Gasteiger partial charge < -0.3 is 9.51 Å². The van der Waals surface area contributed by atoms with E-state index in [9.17, 15) is 5.11 Å². The molecule has 2 aromatic heterocycles. The maximum absolute atomic E-state index is 10.1. The van der Waals surface area contributed by atoms with Gasteiger partial charge in [-0.05, 0) is 36.8 Å². The number of alkyl halides is 1. The third-order valence-electron chi connectivity index (χ3n) is 3.45. The number of hydrogen-bond acceptors (Lipinski definition) is 2. The summed E-state index contributed by atoms with van der Waals surface area (Å²) in [5.74, 6) is 0.0951. The average Bonchev–Trinajstić information content (AvgIpc) is 2.79. The number of aromatic hydroxyl groups is 1. The first kappa shape index (κ1) is 14.7. The first-order valence-corrected chi connectivity index (χ1v) is 8.11. The van der Waals surface area contributed by atoms with Crippen molar-refractivity contribution in [1.29, 1.82) is 0 Å². The van der Waals surface area contributed by atoms with Gasteiger partial charge in [0, 0.05) is 22.8 Å². The minimum atomic E-state index is 0.0951. The topological polar surface area (TPSA) is 37.5 Å². The highest BCUT2D eigenvalue weighted by Crippen LogP contribution is 2.40. The van der Waals surface area contributed by atoms with Gasteiger partial charge in [-0.25, -0.2) is 4.98 Å². The number of imidazole rings is 1. The maximum atomic E-state index is 10.1. The lowest BCUT2D eigenvalue weighted by molar-refractivity contribution is 0.477. The summed E-state index contributed by atoms with van der Waals surface area (Å²) < 4.78 is 2.00. The van der Waals surface area contributed by atoms with Gasteiger partial charge in [-0.2, -0.15) is 0 Å². The molecule has 0 spiro atoms. The van der Waals surface area contributed by atoms with Gasteiger partial charge in [-0.3, -0.25) is 0 Å². The highest BCUT2D eigenvalue weighted by molar-refractivity contribution is 9.08. The standard InChI is InChI=1S/C15H11BrCl2N2O/c1-8-11(7-16)19-13-6-9(4-5-20(8)13)14-12(21)3-2-10(17)15(14)18/h2-6,21H,7H2,1H3. The SMILES string of the molecule is Cc1c(CBr)nc2cc(-c3c(O)ccc(Cl)c3Cl)ccn12. The number of benzene rings is 1. The van der Waals surface area contributed by atoms with Gasteiger partial charge in [0.1, 0.15) is 11.4 Å². The molecule has 108 valence electrons. The molecule has 1 N–H and O–H groups in total. The first-order valence-electron chi connectivity index (χ1n) is 6.24. The quantitative estimate of drug-likeness (QED) is 0.614. The van der Waals surface area contributed by atoms with Crippen molar-refractivity contribution >= 4 is 44.8 Å². The number of phenolic OH excluding ortho intramolecular Hbond substituents is 1. The van der Waals surface area contributed by atoms with Gasteiger partial charge in [-0.1, -0.05) is 39.1 Å². The fourth-order valence-electron chi connectivity index (χ4n) is 2.31. The lowest BCUT2D eigenvalue weighted by Gasteiger charge is -2.09. The average molecular weight is 386 g/mol. The molecule has 0 aliphatic carbocycles. The molecule has 0 amide bonds. The molecule has 0 atom stereocenters. The molecule has 3 aromatic rings. The summed E-state index contributed by atoms with van der Waals surface area (Å²) in [5.41, 5.74) is 4.16. The van der Waals surface area contributed by atoms with Crippen molar-refractivity contribution in [3.8, 4) is 16.9 Å². The fraction of sp³-hybridized carbons (Fsp3) is 0.133. The van der Waals surface area contributed by atoms with Crippen molar-refractivity contribution in [3.05, 3.63) is 51.9 Å². The fourth-order valence-corrected chi connectivity index (χ4v) is 3.27. The summed E-state index contributed by atoms with van der Waals surface area (Å²) in [6.07, 6.45) is 1.91. The molecular formula is C15H11BrCl2N2O. The number of aryl methyl sites for hydroxylation is 1. The molecule has 0 bridgehead atoms. The Morgan fingerprint density at radius 2 is 2.05 bits per heavy atom. The van der Waals surface area contributed by atoms with Crippen LogP contribution in [-0.2, 0) is 5.33 Å². The zero-order chi connectivity index (χ0) is 15.1. The van der Waals surface area contributed by atoms with E-state index in [2.05, 4.69) is 20.9 Å². The van der Waals surface area contributed by atoms with Crippen LogP contribution in [0.4, 0.5) is 0 Å². The Kier molecular flexibility index (Phi) is 3.86. The Balaban J connectivity index is 2.25. The van der Waals surface area contributed by atoms with Crippen molar-refractivity contribution in [2.24, 2.45) is 0 Å². The van der Waals surface area contributed by atoms with Gasteiger partial charge in [0.15, 0.2) is 0 Å². The van der Waals surface area contributed by atoms with E-state index in [0.29, 0.717) is 20.9 Å². The number of phenols is 1. The molecule has 21 heavy (non-hydrogen) atoms. The van der Waals surface area contributed by atoms with Crippen LogP contribution in [0.15, 0.2) is 30.5 Å². The number of halogens is 3. The van der Waals surface area contributed by atoms with Gasteiger partial charge in [0.25, 0.3) is 0 Å². The summed E-state index contributed by atoms with van der Waals surface area (Å²) >= 11 is 15.7. The van der Waals surface area contributed by atoms with Crippen LogP contribution in [0.1, 0.15) is 11.4 Å². The third kappa shape index (κ3) is 2.41. The first-order chi connectivity index (χ1) is 10.0. The summed E-state index contributed by atoms with van der Waals surface area (Å²) in [6.45, 7) is 2.01. The lowest BCUT2D eigenvalue weighted by Crippen LogP contribution is -1.89. The van der Waals surface area contributed by atoms with Crippen LogP contribution in [0.3, 0.4) is 0 Å². The minimum Gasteiger partial charge on any atom is -0.507 e. The number of rotatable bonds is 2. The lowest BCUT2D eigenvalue weighted by atomic mass is 10.1. The van der Waals surface area contributed by atoms with Crippen LogP contribution >= 0.6 is 39.1 Å². The molecule has 6 heteroatoms. The Morgan fingerprint density at radius 1 is 1.29 bits per heavy atom. The number of hydrogen-bond donors (Lipinski definition) is 1. The predicted molar refractivity (Wildman–Crippen MR) is 89.7 cm³/mol. The number of nitrogens with zero attached hydrogens (tertiary/aromatic N) is 2. The van der Waals surface area contributed by atoms with Crippen molar-refractivity contribution < 1.29 is 5.11 Å². The smallest absolute Gasteiger partial charge is 0.137 e. The zero-order valence-electron chi connectivity index (χ0n) is 11.1. The summed E-state index contributed by atoms with van der Waals surface area (Å²) in [5, 5.41) is 11.5. The molecule has 3 rings (SSSR count). The van der Waals surface area contributed by atoms with Crippen LogP contribution in [0.2, 0.25) is 10.0 Å². The van der Waals surface area contributed by atoms with Crippen molar-refractivity contribution in [2.75, 3.05) is 0 Å². The van der Waals surface area contributed by atoms with Crippen LogP contribution in [0.25, 0.3) is 16.8 Å². The molecule has 0 aliphatic heterocycles. The van der Waals surface area contributed by atoms with Crippen molar-refractivity contribution in [2.45, 2.75) is 12.3 Å². The van der Waals surface area contributed by atoms with Crippen LogP contribution < -0.4 is 0 Å². The van der Waals surface area contributed by atoms with Crippen molar-refractivity contribution in [1.82, 2.24) is 9.38 Å². The van der Waals surface area contributed by atoms with Gasteiger partial charge in [0.2, 0.25) is 0 Å². The second-order valence-corrected chi connectivity index (χ2v) is 6.02. The van der Waals surface area contributed by atoms with E-state index in [1.54, 1.807) is 6.07 Å². The van der Waals surface area contributed by atoms with E-state index in [-0.39, 0.29) is 5.75 Å². The molecule has 0 fully saturated rings. The molecule has 0 radical (unpaired) electrons. The van der Waals surface area contributed by atoms with Crippen LogP contribution in [0, 0.1) is 6.92 Å². The number of fused-ring (bicyclic) bond motifs is 1. The minimum absolute atomic E-state index is 0.0951. The Labute approximate surface area is 140 Å². The summed E-state index contributed by atoms with van der Waals surface area (Å²) in [6, 6.07) is 6.88. The highest BCUT2D eigenvalue weighted by atomic mass is 79.9. The molecule has 0 unspecified atom stereocenters. The van der Waals surface area contributed by atoms with E-state index in [0.717, 1.165) is 22.6 Å². The molecular weight excluding hydrogens is 375 g/mol. The molecule has 3 nitrogen and oxygen atoms in total. The summed E-state index contributed by atoms with van der Waals surface area (Å²) in [7, 11) is 0. The van der Waals surface area contributed by atoms with Crippen LogP contribution in [-0.4, -0.2) is 14.5 Å². The largest absolute Gasteiger partial charge is 0.507 e. The van der Waals surface area contributed by atoms with Gasteiger partial charge >= 0.3 is 0 Å². The van der Waals surface area contributed by atoms with E-state index in [1.165, 1.54) is 6.07 Å². The molecule has 0 aliphatic rings. The molecule has 1 aromatic carbocycles. The predicted octanol–water partition coefficient (Wildman–Crippen LogP) is 5.22. The van der Waals surface area contributed by atoms with Crippen LogP contribution in [0.5, 0.6) is 5.75 Å².